The number of carbonyl (C=O) groups is 1. The number of nitrogens with one attached hydrogen (secondary N) is 1. The summed E-state index contributed by atoms with van der Waals surface area (Å²) in [5, 5.41) is 13.7. The molecule has 2 N–H and O–H groups in total. The van der Waals surface area contributed by atoms with Crippen molar-refractivity contribution in [2.24, 2.45) is 5.41 Å². The van der Waals surface area contributed by atoms with E-state index in [1.165, 1.54) is 18.4 Å². The number of amides is 1. The fourth-order valence-electron chi connectivity index (χ4n) is 1.08. The van der Waals surface area contributed by atoms with E-state index in [1.807, 2.05) is 19.2 Å². The fourth-order valence-corrected chi connectivity index (χ4v) is 1.85. The number of aliphatic hydroxyl groups is 1. The third kappa shape index (κ3) is 3.21. The second-order valence-electron chi connectivity index (χ2n) is 4.32. The van der Waals surface area contributed by atoms with Crippen molar-refractivity contribution >= 4 is 17.2 Å². The Kier molecular flexibility index (Phi) is 4.32. The largest absolute Gasteiger partial charge is 0.495 e. The van der Waals surface area contributed by atoms with Gasteiger partial charge in [-0.3, -0.25) is 4.79 Å². The third-order valence-electron chi connectivity index (χ3n) is 2.21. The molecule has 0 bridgehead atoms. The maximum atomic E-state index is 11.8. The molecule has 0 unspecified atom stereocenters. The molecule has 1 heterocycles. The first-order valence-electron chi connectivity index (χ1n) is 5.01. The molecule has 0 radical (unpaired) electrons. The van der Waals surface area contributed by atoms with Crippen LogP contribution in [-0.4, -0.2) is 31.3 Å². The van der Waals surface area contributed by atoms with E-state index in [-0.39, 0.29) is 17.9 Å². The Labute approximate surface area is 99.2 Å². The van der Waals surface area contributed by atoms with Gasteiger partial charge in [-0.1, -0.05) is 13.8 Å². The molecule has 0 fully saturated rings. The van der Waals surface area contributed by atoms with Gasteiger partial charge < -0.3 is 15.2 Å². The maximum Gasteiger partial charge on any atom is 0.265 e. The van der Waals surface area contributed by atoms with Crippen LogP contribution >= 0.6 is 11.3 Å². The number of ether oxygens (including phenoxy) is 1. The minimum Gasteiger partial charge on any atom is -0.495 e. The highest BCUT2D eigenvalue weighted by molar-refractivity contribution is 7.12. The number of aliphatic hydroxyl groups excluding tert-OH is 1. The second kappa shape index (κ2) is 5.32. The van der Waals surface area contributed by atoms with E-state index in [9.17, 15) is 4.79 Å². The normalized spacial score (nSPS) is 11.2. The van der Waals surface area contributed by atoms with Gasteiger partial charge in [0.15, 0.2) is 0 Å². The predicted octanol–water partition coefficient (Wildman–Crippen LogP) is 1.50. The number of carbonyl (C=O) groups excluding carboxylic acids is 1. The van der Waals surface area contributed by atoms with E-state index < -0.39 is 0 Å². The number of thiophene rings is 1. The van der Waals surface area contributed by atoms with Crippen molar-refractivity contribution in [3.8, 4) is 5.75 Å². The van der Waals surface area contributed by atoms with Crippen LogP contribution in [0, 0.1) is 5.41 Å². The third-order valence-corrected chi connectivity index (χ3v) is 3.11. The van der Waals surface area contributed by atoms with Gasteiger partial charge in [-0.2, -0.15) is 0 Å². The van der Waals surface area contributed by atoms with Gasteiger partial charge in [-0.15, -0.1) is 11.3 Å². The Morgan fingerprint density at radius 3 is 2.88 bits per heavy atom. The summed E-state index contributed by atoms with van der Waals surface area (Å²) in [4.78, 5) is 12.4. The summed E-state index contributed by atoms with van der Waals surface area (Å²) in [6.07, 6.45) is 0. The lowest BCUT2D eigenvalue weighted by atomic mass is 9.95. The summed E-state index contributed by atoms with van der Waals surface area (Å²) in [5.41, 5.74) is -0.305. The molecule has 0 aliphatic carbocycles. The van der Waals surface area contributed by atoms with Crippen molar-refractivity contribution < 1.29 is 14.6 Å². The summed E-state index contributed by atoms with van der Waals surface area (Å²) in [5.74, 6) is 0.428. The first-order chi connectivity index (χ1) is 7.50. The molecule has 0 spiro atoms. The number of rotatable bonds is 5. The smallest absolute Gasteiger partial charge is 0.265 e. The minimum atomic E-state index is -0.305. The first-order valence-corrected chi connectivity index (χ1v) is 5.88. The van der Waals surface area contributed by atoms with Crippen molar-refractivity contribution in [3.63, 3.8) is 0 Å². The van der Waals surface area contributed by atoms with E-state index >= 15 is 0 Å². The van der Waals surface area contributed by atoms with Crippen LogP contribution in [0.3, 0.4) is 0 Å². The highest BCUT2D eigenvalue weighted by Crippen LogP contribution is 2.24. The topological polar surface area (TPSA) is 58.6 Å². The Hall–Kier alpha value is -1.07. The standard InChI is InChI=1S/C11H17NO3S/c1-11(2,7-13)6-12-10(14)9-8(15-3)4-5-16-9/h4-5,13H,6-7H2,1-3H3,(H,12,14). The molecule has 1 rings (SSSR count). The lowest BCUT2D eigenvalue weighted by molar-refractivity contribution is 0.0912. The van der Waals surface area contributed by atoms with Gasteiger partial charge in [-0.25, -0.2) is 0 Å². The molecular weight excluding hydrogens is 226 g/mol. The highest BCUT2D eigenvalue weighted by Gasteiger charge is 2.20. The van der Waals surface area contributed by atoms with Gasteiger partial charge in [0.2, 0.25) is 0 Å². The molecule has 0 aromatic carbocycles. The van der Waals surface area contributed by atoms with Gasteiger partial charge >= 0.3 is 0 Å². The minimum absolute atomic E-state index is 0.0366. The Morgan fingerprint density at radius 2 is 2.31 bits per heavy atom. The first kappa shape index (κ1) is 13.0. The van der Waals surface area contributed by atoms with Crippen molar-refractivity contribution in [2.45, 2.75) is 13.8 Å². The zero-order chi connectivity index (χ0) is 12.2. The lowest BCUT2D eigenvalue weighted by Gasteiger charge is -2.21. The van der Waals surface area contributed by atoms with Gasteiger partial charge in [-0.05, 0) is 11.4 Å². The average Bonchev–Trinajstić information content (AvgIpc) is 2.74. The number of methoxy groups -OCH3 is 1. The summed E-state index contributed by atoms with van der Waals surface area (Å²) < 4.78 is 5.06. The quantitative estimate of drug-likeness (QED) is 0.824. The van der Waals surface area contributed by atoms with E-state index in [0.29, 0.717) is 17.2 Å². The van der Waals surface area contributed by atoms with Crippen LogP contribution in [0.2, 0.25) is 0 Å². The molecule has 1 aromatic heterocycles. The summed E-state index contributed by atoms with van der Waals surface area (Å²) in [7, 11) is 1.54. The zero-order valence-corrected chi connectivity index (χ0v) is 10.6. The number of hydrogen-bond acceptors (Lipinski definition) is 4. The van der Waals surface area contributed by atoms with Crippen LogP contribution in [0.25, 0.3) is 0 Å². The molecule has 0 atom stereocenters. The summed E-state index contributed by atoms with van der Waals surface area (Å²) >= 11 is 1.34. The molecule has 0 aliphatic rings. The Morgan fingerprint density at radius 1 is 1.62 bits per heavy atom. The van der Waals surface area contributed by atoms with E-state index in [0.717, 1.165) is 0 Å². The van der Waals surface area contributed by atoms with E-state index in [2.05, 4.69) is 5.32 Å². The van der Waals surface area contributed by atoms with Gasteiger partial charge in [0, 0.05) is 18.6 Å². The Bertz CT molecular complexity index is 360. The maximum absolute atomic E-state index is 11.8. The van der Waals surface area contributed by atoms with Crippen LogP contribution in [-0.2, 0) is 0 Å². The SMILES string of the molecule is COc1ccsc1C(=O)NCC(C)(C)CO. The monoisotopic (exact) mass is 243 g/mol. The zero-order valence-electron chi connectivity index (χ0n) is 9.74. The Balaban J connectivity index is 2.60. The van der Waals surface area contributed by atoms with Crippen LogP contribution < -0.4 is 10.1 Å². The molecule has 0 saturated carbocycles. The second-order valence-corrected chi connectivity index (χ2v) is 5.24. The van der Waals surface area contributed by atoms with Crippen molar-refractivity contribution in [1.29, 1.82) is 0 Å². The molecule has 16 heavy (non-hydrogen) atoms. The molecule has 4 nitrogen and oxygen atoms in total. The fraction of sp³-hybridized carbons (Fsp3) is 0.545. The van der Waals surface area contributed by atoms with Crippen LogP contribution in [0.4, 0.5) is 0 Å². The molecule has 0 saturated heterocycles. The predicted molar refractivity (Wildman–Crippen MR) is 64.1 cm³/mol. The molecular formula is C11H17NO3S. The molecule has 1 aromatic rings. The highest BCUT2D eigenvalue weighted by atomic mass is 32.1. The van der Waals surface area contributed by atoms with Crippen molar-refractivity contribution in [3.05, 3.63) is 16.3 Å². The molecule has 90 valence electrons. The van der Waals surface area contributed by atoms with Crippen LogP contribution in [0.15, 0.2) is 11.4 Å². The van der Waals surface area contributed by atoms with Crippen LogP contribution in [0.5, 0.6) is 5.75 Å². The summed E-state index contributed by atoms with van der Waals surface area (Å²) in [6.45, 7) is 4.25. The summed E-state index contributed by atoms with van der Waals surface area (Å²) in [6, 6.07) is 1.76. The van der Waals surface area contributed by atoms with E-state index in [4.69, 9.17) is 9.84 Å². The molecule has 5 heteroatoms. The van der Waals surface area contributed by atoms with E-state index in [1.54, 1.807) is 6.07 Å². The molecule has 1 amide bonds. The average molecular weight is 243 g/mol. The van der Waals surface area contributed by atoms with Gasteiger partial charge in [0.1, 0.15) is 10.6 Å². The van der Waals surface area contributed by atoms with Crippen molar-refractivity contribution in [2.75, 3.05) is 20.3 Å². The lowest BCUT2D eigenvalue weighted by Crippen LogP contribution is -2.35. The van der Waals surface area contributed by atoms with Crippen molar-refractivity contribution in [1.82, 2.24) is 5.32 Å². The molecule has 0 aliphatic heterocycles. The van der Waals surface area contributed by atoms with Gasteiger partial charge in [0.25, 0.3) is 5.91 Å². The van der Waals surface area contributed by atoms with Gasteiger partial charge in [0.05, 0.1) is 7.11 Å². The van der Waals surface area contributed by atoms with Crippen LogP contribution in [0.1, 0.15) is 23.5 Å². The number of hydrogen-bond donors (Lipinski definition) is 2.